The topological polar surface area (TPSA) is 82.3 Å². The van der Waals surface area contributed by atoms with Crippen molar-refractivity contribution < 1.29 is 9.59 Å². The summed E-state index contributed by atoms with van der Waals surface area (Å²) in [4.78, 5) is 22.7. The second-order valence-electron chi connectivity index (χ2n) is 4.80. The van der Waals surface area contributed by atoms with Crippen molar-refractivity contribution in [1.29, 1.82) is 0 Å². The van der Waals surface area contributed by atoms with Crippen LogP contribution in [0.15, 0.2) is 0 Å². The van der Waals surface area contributed by atoms with Crippen molar-refractivity contribution in [3.8, 4) is 0 Å². The Morgan fingerprint density at radius 2 is 1.45 bits per heavy atom. The van der Waals surface area contributed by atoms with Crippen molar-refractivity contribution in [2.75, 3.05) is 33.2 Å². The quantitative estimate of drug-likeness (QED) is 0.404. The van der Waals surface area contributed by atoms with Gasteiger partial charge in [0.1, 0.15) is 0 Å². The van der Waals surface area contributed by atoms with E-state index < -0.39 is 0 Å². The summed E-state index contributed by atoms with van der Waals surface area (Å²) >= 11 is 0. The number of unbranched alkanes of at least 4 members (excludes halogenated alkanes) is 2. The molecule has 0 fully saturated rings. The van der Waals surface area contributed by atoms with E-state index >= 15 is 0 Å². The first-order chi connectivity index (χ1) is 9.70. The summed E-state index contributed by atoms with van der Waals surface area (Å²) in [5, 5.41) is 11.4. The number of carbonyl (C=O) groups excluding carboxylic acids is 2. The van der Waals surface area contributed by atoms with E-state index in [1.54, 1.807) is 0 Å². The Bertz CT molecular complexity index is 260. The lowest BCUT2D eigenvalue weighted by Gasteiger charge is -2.07. The molecule has 0 aliphatic rings. The second kappa shape index (κ2) is 14.1. The SMILES string of the molecule is CCCNC(=O)NCCCC(=O)NCCCCCNC. The van der Waals surface area contributed by atoms with Crippen LogP contribution < -0.4 is 21.3 Å². The molecule has 0 spiro atoms. The highest BCUT2D eigenvalue weighted by molar-refractivity contribution is 5.76. The number of carbonyl (C=O) groups is 2. The maximum atomic E-state index is 11.5. The molecule has 0 aromatic heterocycles. The number of rotatable bonds is 12. The molecule has 0 rings (SSSR count). The van der Waals surface area contributed by atoms with Crippen LogP contribution in [-0.2, 0) is 4.79 Å². The summed E-state index contributed by atoms with van der Waals surface area (Å²) < 4.78 is 0. The molecule has 6 heteroatoms. The molecule has 0 aromatic carbocycles. The van der Waals surface area contributed by atoms with Crippen LogP contribution in [0.3, 0.4) is 0 Å². The third kappa shape index (κ3) is 13.1. The van der Waals surface area contributed by atoms with Gasteiger partial charge < -0.3 is 21.3 Å². The van der Waals surface area contributed by atoms with Gasteiger partial charge in [-0.3, -0.25) is 4.79 Å². The summed E-state index contributed by atoms with van der Waals surface area (Å²) in [5.74, 6) is 0.0642. The Morgan fingerprint density at radius 1 is 0.800 bits per heavy atom. The van der Waals surface area contributed by atoms with Gasteiger partial charge >= 0.3 is 6.03 Å². The number of amides is 3. The third-order valence-corrected chi connectivity index (χ3v) is 2.83. The number of nitrogens with one attached hydrogen (secondary N) is 4. The Balaban J connectivity index is 3.30. The lowest BCUT2D eigenvalue weighted by atomic mass is 10.2. The van der Waals surface area contributed by atoms with Gasteiger partial charge in [0.2, 0.25) is 5.91 Å². The molecule has 0 atom stereocenters. The van der Waals surface area contributed by atoms with Crippen molar-refractivity contribution >= 4 is 11.9 Å². The highest BCUT2D eigenvalue weighted by Crippen LogP contribution is 1.93. The monoisotopic (exact) mass is 286 g/mol. The lowest BCUT2D eigenvalue weighted by molar-refractivity contribution is -0.121. The molecule has 6 nitrogen and oxygen atoms in total. The highest BCUT2D eigenvalue weighted by atomic mass is 16.2. The maximum Gasteiger partial charge on any atom is 0.314 e. The molecule has 0 aliphatic heterocycles. The minimum Gasteiger partial charge on any atom is -0.356 e. The first-order valence-corrected chi connectivity index (χ1v) is 7.63. The zero-order chi connectivity index (χ0) is 15.1. The van der Waals surface area contributed by atoms with Crippen LogP contribution in [-0.4, -0.2) is 45.2 Å². The van der Waals surface area contributed by atoms with Gasteiger partial charge in [-0.25, -0.2) is 4.79 Å². The molecule has 0 bridgehead atoms. The van der Waals surface area contributed by atoms with Crippen LogP contribution in [0.1, 0.15) is 45.4 Å². The zero-order valence-electron chi connectivity index (χ0n) is 12.9. The summed E-state index contributed by atoms with van der Waals surface area (Å²) in [6.45, 7) is 4.99. The molecule has 0 heterocycles. The Labute approximate surface area is 122 Å². The summed E-state index contributed by atoms with van der Waals surface area (Å²) in [5.41, 5.74) is 0. The molecule has 118 valence electrons. The van der Waals surface area contributed by atoms with E-state index in [0.29, 0.717) is 25.9 Å². The normalized spacial score (nSPS) is 10.1. The standard InChI is InChI=1S/C14H30N4O2/c1-3-9-17-14(20)18-12-7-8-13(19)16-11-6-4-5-10-15-2/h15H,3-12H2,1-2H3,(H,16,19)(H2,17,18,20). The minimum absolute atomic E-state index is 0.0642. The van der Waals surface area contributed by atoms with Crippen LogP contribution in [0.25, 0.3) is 0 Å². The van der Waals surface area contributed by atoms with E-state index in [1.165, 1.54) is 0 Å². The van der Waals surface area contributed by atoms with Crippen LogP contribution in [0.5, 0.6) is 0 Å². The summed E-state index contributed by atoms with van der Waals surface area (Å²) in [7, 11) is 1.94. The van der Waals surface area contributed by atoms with E-state index in [1.807, 2.05) is 14.0 Å². The van der Waals surface area contributed by atoms with Crippen molar-refractivity contribution in [3.63, 3.8) is 0 Å². The smallest absolute Gasteiger partial charge is 0.314 e. The van der Waals surface area contributed by atoms with E-state index in [2.05, 4.69) is 21.3 Å². The van der Waals surface area contributed by atoms with Crippen molar-refractivity contribution in [1.82, 2.24) is 21.3 Å². The van der Waals surface area contributed by atoms with E-state index in [0.717, 1.165) is 38.8 Å². The highest BCUT2D eigenvalue weighted by Gasteiger charge is 2.02. The summed E-state index contributed by atoms with van der Waals surface area (Å²) in [6, 6.07) is -0.156. The Morgan fingerprint density at radius 3 is 2.15 bits per heavy atom. The molecule has 0 aliphatic carbocycles. The van der Waals surface area contributed by atoms with Gasteiger partial charge in [0.05, 0.1) is 0 Å². The van der Waals surface area contributed by atoms with E-state index in [9.17, 15) is 9.59 Å². The van der Waals surface area contributed by atoms with Crippen molar-refractivity contribution in [2.45, 2.75) is 45.4 Å². The first kappa shape index (κ1) is 18.7. The molecule has 4 N–H and O–H groups in total. The molecule has 20 heavy (non-hydrogen) atoms. The molecular formula is C14H30N4O2. The average molecular weight is 286 g/mol. The fourth-order valence-electron chi connectivity index (χ4n) is 1.67. The van der Waals surface area contributed by atoms with Crippen LogP contribution >= 0.6 is 0 Å². The van der Waals surface area contributed by atoms with Gasteiger partial charge in [0.15, 0.2) is 0 Å². The van der Waals surface area contributed by atoms with Gasteiger partial charge in [-0.05, 0) is 39.3 Å². The molecule has 0 saturated carbocycles. The molecule has 0 saturated heterocycles. The van der Waals surface area contributed by atoms with Gasteiger partial charge in [0, 0.05) is 26.1 Å². The molecule has 0 aromatic rings. The van der Waals surface area contributed by atoms with Gasteiger partial charge in [-0.2, -0.15) is 0 Å². The van der Waals surface area contributed by atoms with Gasteiger partial charge in [-0.15, -0.1) is 0 Å². The largest absolute Gasteiger partial charge is 0.356 e. The van der Waals surface area contributed by atoms with Crippen molar-refractivity contribution in [3.05, 3.63) is 0 Å². The fraction of sp³-hybridized carbons (Fsp3) is 0.857. The minimum atomic E-state index is -0.156. The maximum absolute atomic E-state index is 11.5. The lowest BCUT2D eigenvalue weighted by Crippen LogP contribution is -2.36. The van der Waals surface area contributed by atoms with E-state index in [4.69, 9.17) is 0 Å². The molecule has 3 amide bonds. The fourth-order valence-corrected chi connectivity index (χ4v) is 1.67. The Hall–Kier alpha value is -1.30. The number of urea groups is 1. The first-order valence-electron chi connectivity index (χ1n) is 7.63. The van der Waals surface area contributed by atoms with Gasteiger partial charge in [-0.1, -0.05) is 13.3 Å². The third-order valence-electron chi connectivity index (χ3n) is 2.83. The number of hydrogen-bond donors (Lipinski definition) is 4. The zero-order valence-corrected chi connectivity index (χ0v) is 12.9. The van der Waals surface area contributed by atoms with Crippen molar-refractivity contribution in [2.24, 2.45) is 0 Å². The van der Waals surface area contributed by atoms with E-state index in [-0.39, 0.29) is 11.9 Å². The summed E-state index contributed by atoms with van der Waals surface area (Å²) in [6.07, 6.45) is 5.34. The molecular weight excluding hydrogens is 256 g/mol. The second-order valence-corrected chi connectivity index (χ2v) is 4.80. The Kier molecular flexibility index (Phi) is 13.2. The average Bonchev–Trinajstić information content (AvgIpc) is 2.45. The van der Waals surface area contributed by atoms with Crippen LogP contribution in [0.4, 0.5) is 4.79 Å². The predicted molar refractivity (Wildman–Crippen MR) is 81.7 cm³/mol. The van der Waals surface area contributed by atoms with Crippen LogP contribution in [0.2, 0.25) is 0 Å². The van der Waals surface area contributed by atoms with Gasteiger partial charge in [0.25, 0.3) is 0 Å². The number of hydrogen-bond acceptors (Lipinski definition) is 3. The predicted octanol–water partition coefficient (Wildman–Crippen LogP) is 0.982. The van der Waals surface area contributed by atoms with Crippen LogP contribution in [0, 0.1) is 0 Å². The molecule has 0 unspecified atom stereocenters. The molecule has 0 radical (unpaired) electrons.